The highest BCUT2D eigenvalue weighted by Gasteiger charge is 2.55. The molecular formula is C25H31NO2. The van der Waals surface area contributed by atoms with Crippen LogP contribution in [0.3, 0.4) is 0 Å². The number of hydrogen-bond donors (Lipinski definition) is 2. The number of phenolic OH excluding ortho intramolecular Hbond substituents is 2. The van der Waals surface area contributed by atoms with E-state index in [0.29, 0.717) is 28.9 Å². The first kappa shape index (κ1) is 17.9. The molecule has 0 aliphatic heterocycles. The second kappa shape index (κ2) is 6.43. The van der Waals surface area contributed by atoms with Gasteiger partial charge in [-0.1, -0.05) is 19.1 Å². The second-order valence-corrected chi connectivity index (χ2v) is 9.57. The number of nitrogens with zero attached hydrogens (tertiary/aromatic N) is 1. The minimum absolute atomic E-state index is 0.329. The van der Waals surface area contributed by atoms with Crippen molar-refractivity contribution in [2.75, 3.05) is 11.9 Å². The minimum atomic E-state index is 0.329. The number of rotatable bonds is 2. The van der Waals surface area contributed by atoms with Crippen molar-refractivity contribution in [1.29, 1.82) is 0 Å². The monoisotopic (exact) mass is 377 g/mol. The van der Waals surface area contributed by atoms with Crippen LogP contribution < -0.4 is 4.90 Å². The number of benzene rings is 2. The molecule has 2 aromatic rings. The normalized spacial score (nSPS) is 33.6. The zero-order chi connectivity index (χ0) is 19.5. The van der Waals surface area contributed by atoms with E-state index in [2.05, 4.69) is 31.0 Å². The quantitative estimate of drug-likeness (QED) is 0.730. The van der Waals surface area contributed by atoms with Gasteiger partial charge in [-0.25, -0.2) is 0 Å². The van der Waals surface area contributed by atoms with Crippen LogP contribution in [0.4, 0.5) is 5.69 Å². The molecule has 5 atom stereocenters. The first-order chi connectivity index (χ1) is 13.5. The van der Waals surface area contributed by atoms with Gasteiger partial charge in [0.2, 0.25) is 0 Å². The lowest BCUT2D eigenvalue weighted by atomic mass is 9.55. The Morgan fingerprint density at radius 1 is 0.964 bits per heavy atom. The number of fused-ring (bicyclic) bond motifs is 5. The summed E-state index contributed by atoms with van der Waals surface area (Å²) in [4.78, 5) is 2.43. The molecule has 0 spiro atoms. The van der Waals surface area contributed by atoms with E-state index in [1.807, 2.05) is 24.3 Å². The fourth-order valence-corrected chi connectivity index (χ4v) is 7.07. The van der Waals surface area contributed by atoms with Crippen molar-refractivity contribution in [3.8, 4) is 11.5 Å². The van der Waals surface area contributed by atoms with E-state index < -0.39 is 0 Å². The van der Waals surface area contributed by atoms with E-state index in [-0.39, 0.29) is 0 Å². The van der Waals surface area contributed by atoms with Gasteiger partial charge in [0.1, 0.15) is 11.5 Å². The lowest BCUT2D eigenvalue weighted by Crippen LogP contribution is -2.49. The molecule has 2 N–H and O–H groups in total. The third kappa shape index (κ3) is 2.62. The van der Waals surface area contributed by atoms with Gasteiger partial charge in [-0.3, -0.25) is 0 Å². The summed E-state index contributed by atoms with van der Waals surface area (Å²) in [6, 6.07) is 14.3. The average molecular weight is 378 g/mol. The molecule has 0 amide bonds. The van der Waals surface area contributed by atoms with Crippen molar-refractivity contribution in [3.63, 3.8) is 0 Å². The number of aryl methyl sites for hydroxylation is 1. The van der Waals surface area contributed by atoms with Crippen molar-refractivity contribution in [3.05, 3.63) is 53.6 Å². The average Bonchev–Trinajstić information content (AvgIpc) is 3.04. The third-order valence-corrected chi connectivity index (χ3v) is 8.36. The summed E-state index contributed by atoms with van der Waals surface area (Å²) in [5, 5.41) is 19.8. The highest BCUT2D eigenvalue weighted by molar-refractivity contribution is 5.51. The molecule has 5 rings (SSSR count). The summed E-state index contributed by atoms with van der Waals surface area (Å²) < 4.78 is 0. The Morgan fingerprint density at radius 3 is 2.61 bits per heavy atom. The molecule has 2 saturated carbocycles. The zero-order valence-corrected chi connectivity index (χ0v) is 16.9. The molecule has 0 radical (unpaired) electrons. The van der Waals surface area contributed by atoms with E-state index in [9.17, 15) is 10.2 Å². The van der Waals surface area contributed by atoms with Crippen molar-refractivity contribution < 1.29 is 10.2 Å². The fourth-order valence-electron chi connectivity index (χ4n) is 7.07. The predicted molar refractivity (Wildman–Crippen MR) is 113 cm³/mol. The number of aromatic hydroxyl groups is 2. The minimum Gasteiger partial charge on any atom is -0.508 e. The molecular weight excluding hydrogens is 346 g/mol. The standard InChI is InChI=1S/C25H31NO2/c1-25-13-12-21-20-9-7-19(28)14-16(20)6-8-22(21)23(25)10-11-24(25)26(2)17-4-3-5-18(27)15-17/h3-5,7,9,14-15,21-24,27-28H,6,8,10-13H2,1-2H3/t21-,22-,23+,24+,25+/m1/s1. The smallest absolute Gasteiger partial charge is 0.117 e. The molecule has 0 aromatic heterocycles. The SMILES string of the molecule is CN(c1cccc(O)c1)[C@H]1CC[C@H]2[C@@H]3CCc4cc(O)ccc4[C@H]3CC[C@]12C. The highest BCUT2D eigenvalue weighted by atomic mass is 16.3. The van der Waals surface area contributed by atoms with E-state index in [1.54, 1.807) is 6.07 Å². The van der Waals surface area contributed by atoms with Crippen molar-refractivity contribution >= 4 is 5.69 Å². The van der Waals surface area contributed by atoms with Gasteiger partial charge in [-0.05, 0) is 97.1 Å². The maximum atomic E-state index is 9.92. The van der Waals surface area contributed by atoms with Crippen LogP contribution in [-0.2, 0) is 6.42 Å². The largest absolute Gasteiger partial charge is 0.508 e. The molecule has 3 heteroatoms. The second-order valence-electron chi connectivity index (χ2n) is 9.57. The van der Waals surface area contributed by atoms with Gasteiger partial charge < -0.3 is 15.1 Å². The van der Waals surface area contributed by atoms with Gasteiger partial charge in [0.15, 0.2) is 0 Å². The molecule has 3 aliphatic carbocycles. The van der Waals surface area contributed by atoms with E-state index in [0.717, 1.165) is 23.9 Å². The summed E-state index contributed by atoms with van der Waals surface area (Å²) in [6.07, 6.45) is 7.40. The molecule has 0 heterocycles. The molecule has 0 saturated heterocycles. The summed E-state index contributed by atoms with van der Waals surface area (Å²) in [6.45, 7) is 2.52. The van der Waals surface area contributed by atoms with Gasteiger partial charge >= 0.3 is 0 Å². The van der Waals surface area contributed by atoms with Crippen LogP contribution in [0.15, 0.2) is 42.5 Å². The number of hydrogen-bond acceptors (Lipinski definition) is 3. The summed E-state index contributed by atoms with van der Waals surface area (Å²) in [5.41, 5.74) is 4.33. The molecule has 3 nitrogen and oxygen atoms in total. The molecule has 0 unspecified atom stereocenters. The van der Waals surface area contributed by atoms with Crippen LogP contribution in [0.25, 0.3) is 0 Å². The lowest BCUT2D eigenvalue weighted by molar-refractivity contribution is 0.0486. The topological polar surface area (TPSA) is 43.7 Å². The Morgan fingerprint density at radius 2 is 1.79 bits per heavy atom. The van der Waals surface area contributed by atoms with Crippen molar-refractivity contribution in [2.45, 2.75) is 57.4 Å². The zero-order valence-electron chi connectivity index (χ0n) is 16.9. The van der Waals surface area contributed by atoms with Crippen LogP contribution in [0.2, 0.25) is 0 Å². The molecule has 0 bridgehead atoms. The Labute approximate surface area is 168 Å². The van der Waals surface area contributed by atoms with Gasteiger partial charge in [0, 0.05) is 24.8 Å². The van der Waals surface area contributed by atoms with Crippen LogP contribution in [0.5, 0.6) is 11.5 Å². The van der Waals surface area contributed by atoms with Crippen LogP contribution in [-0.4, -0.2) is 23.3 Å². The molecule has 148 valence electrons. The van der Waals surface area contributed by atoms with Crippen LogP contribution >= 0.6 is 0 Å². The van der Waals surface area contributed by atoms with Crippen molar-refractivity contribution in [2.24, 2.45) is 17.3 Å². The maximum Gasteiger partial charge on any atom is 0.117 e. The van der Waals surface area contributed by atoms with Gasteiger partial charge in [-0.15, -0.1) is 0 Å². The Kier molecular flexibility index (Phi) is 4.12. The van der Waals surface area contributed by atoms with Crippen LogP contribution in [0, 0.1) is 17.3 Å². The first-order valence-corrected chi connectivity index (χ1v) is 10.8. The summed E-state index contributed by atoms with van der Waals surface area (Å²) in [7, 11) is 2.21. The Balaban J connectivity index is 1.43. The summed E-state index contributed by atoms with van der Waals surface area (Å²) >= 11 is 0. The molecule has 2 aromatic carbocycles. The maximum absolute atomic E-state index is 9.92. The van der Waals surface area contributed by atoms with Gasteiger partial charge in [0.25, 0.3) is 0 Å². The Hall–Kier alpha value is -2.16. The van der Waals surface area contributed by atoms with E-state index in [1.165, 1.54) is 43.2 Å². The lowest BCUT2D eigenvalue weighted by Gasteiger charge is -2.52. The third-order valence-electron chi connectivity index (χ3n) is 8.36. The molecule has 28 heavy (non-hydrogen) atoms. The highest BCUT2D eigenvalue weighted by Crippen LogP contribution is 2.62. The molecule has 3 aliphatic rings. The number of phenols is 2. The first-order valence-electron chi connectivity index (χ1n) is 10.8. The predicted octanol–water partition coefficient (Wildman–Crippen LogP) is 5.46. The van der Waals surface area contributed by atoms with Gasteiger partial charge in [-0.2, -0.15) is 0 Å². The van der Waals surface area contributed by atoms with Crippen LogP contribution in [0.1, 0.15) is 56.1 Å². The van der Waals surface area contributed by atoms with E-state index >= 15 is 0 Å². The molecule has 2 fully saturated rings. The summed E-state index contributed by atoms with van der Waals surface area (Å²) in [5.74, 6) is 2.94. The number of anilines is 1. The van der Waals surface area contributed by atoms with Gasteiger partial charge in [0.05, 0.1) is 0 Å². The van der Waals surface area contributed by atoms with Crippen molar-refractivity contribution in [1.82, 2.24) is 0 Å². The van der Waals surface area contributed by atoms with E-state index in [4.69, 9.17) is 0 Å². The fraction of sp³-hybridized carbons (Fsp3) is 0.520. The Bertz CT molecular complexity index is 894.